The molecule has 2 saturated heterocycles. The van der Waals surface area contributed by atoms with Crippen LogP contribution in [0.15, 0.2) is 24.3 Å². The SMILES string of the molecule is O=C1O[C@@H](CO)CN1CN1CCN(c2ccc([N+](=O)[O-])cc2)CC1. The van der Waals surface area contributed by atoms with Crippen molar-refractivity contribution in [3.8, 4) is 0 Å². The van der Waals surface area contributed by atoms with Gasteiger partial charge in [0.15, 0.2) is 0 Å². The van der Waals surface area contributed by atoms with Crippen molar-refractivity contribution in [3.05, 3.63) is 34.4 Å². The number of hydrogen-bond donors (Lipinski definition) is 1. The van der Waals surface area contributed by atoms with Crippen molar-refractivity contribution in [3.63, 3.8) is 0 Å². The molecule has 0 saturated carbocycles. The summed E-state index contributed by atoms with van der Waals surface area (Å²) in [5, 5.41) is 19.8. The van der Waals surface area contributed by atoms with E-state index < -0.39 is 11.0 Å². The number of aliphatic hydroxyl groups is 1. The lowest BCUT2D eigenvalue weighted by atomic mass is 10.2. The Morgan fingerprint density at radius 3 is 2.42 bits per heavy atom. The van der Waals surface area contributed by atoms with Gasteiger partial charge < -0.3 is 14.7 Å². The quantitative estimate of drug-likeness (QED) is 0.617. The molecule has 2 aliphatic heterocycles. The van der Waals surface area contributed by atoms with Crippen LogP contribution in [-0.4, -0.2) is 78.0 Å². The number of carbonyl (C=O) groups is 1. The number of nitrogens with zero attached hydrogens (tertiary/aromatic N) is 4. The standard InChI is InChI=1S/C15H20N4O5/c20-10-14-9-18(15(21)24-14)11-16-5-7-17(8-6-16)12-1-3-13(4-2-12)19(22)23/h1-4,14,20H,5-11H2/t14-/m1/s1. The molecule has 1 aromatic carbocycles. The fraction of sp³-hybridized carbons (Fsp3) is 0.533. The normalized spacial score (nSPS) is 21.9. The van der Waals surface area contributed by atoms with Gasteiger partial charge in [0.1, 0.15) is 6.10 Å². The van der Waals surface area contributed by atoms with E-state index in [4.69, 9.17) is 9.84 Å². The van der Waals surface area contributed by atoms with E-state index in [0.29, 0.717) is 13.2 Å². The third kappa shape index (κ3) is 3.57. The van der Waals surface area contributed by atoms with E-state index in [1.165, 1.54) is 12.1 Å². The Bertz CT molecular complexity index is 600. The second-order valence-corrected chi connectivity index (χ2v) is 5.93. The molecular formula is C15H20N4O5. The molecule has 0 bridgehead atoms. The second kappa shape index (κ2) is 7.02. The van der Waals surface area contributed by atoms with Gasteiger partial charge in [-0.15, -0.1) is 0 Å². The maximum Gasteiger partial charge on any atom is 0.411 e. The molecule has 2 aliphatic rings. The molecule has 0 radical (unpaired) electrons. The lowest BCUT2D eigenvalue weighted by Gasteiger charge is -2.37. The molecule has 3 rings (SSSR count). The van der Waals surface area contributed by atoms with Crippen LogP contribution in [-0.2, 0) is 4.74 Å². The summed E-state index contributed by atoms with van der Waals surface area (Å²) in [5.74, 6) is 0. The first-order valence-corrected chi connectivity index (χ1v) is 7.85. The van der Waals surface area contributed by atoms with Crippen LogP contribution in [0.4, 0.5) is 16.2 Å². The van der Waals surface area contributed by atoms with Crippen LogP contribution < -0.4 is 4.90 Å². The van der Waals surface area contributed by atoms with Crippen LogP contribution in [0.25, 0.3) is 0 Å². The number of piperazine rings is 1. The van der Waals surface area contributed by atoms with Crippen LogP contribution in [0.5, 0.6) is 0 Å². The smallest absolute Gasteiger partial charge is 0.411 e. The summed E-state index contributed by atoms with van der Waals surface area (Å²) >= 11 is 0. The highest BCUT2D eigenvalue weighted by molar-refractivity contribution is 5.69. The zero-order chi connectivity index (χ0) is 17.1. The largest absolute Gasteiger partial charge is 0.442 e. The van der Waals surface area contributed by atoms with Gasteiger partial charge in [-0.1, -0.05) is 0 Å². The van der Waals surface area contributed by atoms with Crippen LogP contribution in [0, 0.1) is 10.1 Å². The molecular weight excluding hydrogens is 316 g/mol. The Labute approximate surface area is 139 Å². The molecule has 130 valence electrons. The lowest BCUT2D eigenvalue weighted by Crippen LogP contribution is -2.50. The molecule has 2 heterocycles. The number of benzene rings is 1. The van der Waals surface area contributed by atoms with E-state index >= 15 is 0 Å². The van der Waals surface area contributed by atoms with Crippen LogP contribution in [0.3, 0.4) is 0 Å². The van der Waals surface area contributed by atoms with Crippen molar-refractivity contribution in [2.75, 3.05) is 50.9 Å². The number of aliphatic hydroxyl groups excluding tert-OH is 1. The fourth-order valence-electron chi connectivity index (χ4n) is 2.96. The zero-order valence-electron chi connectivity index (χ0n) is 13.2. The predicted molar refractivity (Wildman–Crippen MR) is 85.8 cm³/mol. The summed E-state index contributed by atoms with van der Waals surface area (Å²) < 4.78 is 5.03. The molecule has 0 aromatic heterocycles. The van der Waals surface area contributed by atoms with Crippen LogP contribution in [0.1, 0.15) is 0 Å². The van der Waals surface area contributed by atoms with Crippen molar-refractivity contribution < 1.29 is 19.6 Å². The van der Waals surface area contributed by atoms with Crippen LogP contribution >= 0.6 is 0 Å². The molecule has 1 atom stereocenters. The van der Waals surface area contributed by atoms with Gasteiger partial charge in [0, 0.05) is 44.0 Å². The average Bonchev–Trinajstić information content (AvgIpc) is 2.95. The number of amides is 1. The number of ether oxygens (including phenoxy) is 1. The molecule has 1 N–H and O–H groups in total. The Balaban J connectivity index is 1.50. The molecule has 1 amide bonds. The molecule has 1 aromatic rings. The molecule has 0 unspecified atom stereocenters. The molecule has 9 heteroatoms. The highest BCUT2D eigenvalue weighted by Crippen LogP contribution is 2.21. The van der Waals surface area contributed by atoms with E-state index in [1.54, 1.807) is 17.0 Å². The number of anilines is 1. The lowest BCUT2D eigenvalue weighted by molar-refractivity contribution is -0.384. The van der Waals surface area contributed by atoms with Crippen molar-refractivity contribution in [2.45, 2.75) is 6.10 Å². The summed E-state index contributed by atoms with van der Waals surface area (Å²) in [4.78, 5) is 27.9. The number of hydrogen-bond acceptors (Lipinski definition) is 7. The van der Waals surface area contributed by atoms with E-state index in [9.17, 15) is 14.9 Å². The van der Waals surface area contributed by atoms with Gasteiger partial charge in [0.05, 0.1) is 24.7 Å². The molecule has 0 spiro atoms. The highest BCUT2D eigenvalue weighted by Gasteiger charge is 2.32. The highest BCUT2D eigenvalue weighted by atomic mass is 16.6. The second-order valence-electron chi connectivity index (χ2n) is 5.93. The molecule has 24 heavy (non-hydrogen) atoms. The summed E-state index contributed by atoms with van der Waals surface area (Å²) in [7, 11) is 0. The van der Waals surface area contributed by atoms with Crippen molar-refractivity contribution in [2.24, 2.45) is 0 Å². The number of non-ortho nitro benzene ring substituents is 1. The van der Waals surface area contributed by atoms with Gasteiger partial charge in [-0.3, -0.25) is 19.9 Å². The summed E-state index contributed by atoms with van der Waals surface area (Å²) in [6, 6.07) is 6.54. The van der Waals surface area contributed by atoms with Crippen molar-refractivity contribution >= 4 is 17.5 Å². The third-order valence-electron chi connectivity index (χ3n) is 4.32. The number of nitro benzene ring substituents is 1. The van der Waals surface area contributed by atoms with E-state index in [1.807, 2.05) is 0 Å². The summed E-state index contributed by atoms with van der Waals surface area (Å²) in [6.45, 7) is 3.88. The number of rotatable bonds is 5. The van der Waals surface area contributed by atoms with Crippen molar-refractivity contribution in [1.29, 1.82) is 0 Å². The first kappa shape index (κ1) is 16.5. The van der Waals surface area contributed by atoms with E-state index in [-0.39, 0.29) is 18.4 Å². The summed E-state index contributed by atoms with van der Waals surface area (Å²) in [5.41, 5.74) is 1.05. The van der Waals surface area contributed by atoms with Gasteiger partial charge in [0.2, 0.25) is 0 Å². The third-order valence-corrected chi connectivity index (χ3v) is 4.32. The maximum atomic E-state index is 11.7. The molecule has 0 aliphatic carbocycles. The predicted octanol–water partition coefficient (Wildman–Crippen LogP) is 0.487. The van der Waals surface area contributed by atoms with E-state index in [0.717, 1.165) is 31.9 Å². The molecule has 2 fully saturated rings. The Morgan fingerprint density at radius 2 is 1.88 bits per heavy atom. The van der Waals surface area contributed by atoms with Gasteiger partial charge in [-0.05, 0) is 12.1 Å². The minimum Gasteiger partial charge on any atom is -0.442 e. The summed E-state index contributed by atoms with van der Waals surface area (Å²) in [6.07, 6.45) is -0.814. The van der Waals surface area contributed by atoms with Gasteiger partial charge in [-0.25, -0.2) is 4.79 Å². The number of cyclic esters (lactones) is 1. The number of carbonyl (C=O) groups excluding carboxylic acids is 1. The minimum atomic E-state index is -0.432. The van der Waals surface area contributed by atoms with Gasteiger partial charge >= 0.3 is 6.09 Å². The topological polar surface area (TPSA) is 99.4 Å². The van der Waals surface area contributed by atoms with Crippen molar-refractivity contribution in [1.82, 2.24) is 9.80 Å². The Hall–Kier alpha value is -2.39. The Kier molecular flexibility index (Phi) is 4.81. The monoisotopic (exact) mass is 336 g/mol. The van der Waals surface area contributed by atoms with Gasteiger partial charge in [-0.2, -0.15) is 0 Å². The van der Waals surface area contributed by atoms with Crippen LogP contribution in [0.2, 0.25) is 0 Å². The average molecular weight is 336 g/mol. The first-order valence-electron chi connectivity index (χ1n) is 7.85. The fourth-order valence-corrected chi connectivity index (χ4v) is 2.96. The van der Waals surface area contributed by atoms with E-state index in [2.05, 4.69) is 9.80 Å². The van der Waals surface area contributed by atoms with Gasteiger partial charge in [0.25, 0.3) is 5.69 Å². The number of nitro groups is 1. The zero-order valence-corrected chi connectivity index (χ0v) is 13.2. The molecule has 9 nitrogen and oxygen atoms in total. The maximum absolute atomic E-state index is 11.7. The Morgan fingerprint density at radius 1 is 1.21 bits per heavy atom. The first-order chi connectivity index (χ1) is 11.6. The minimum absolute atomic E-state index is 0.0865.